The summed E-state index contributed by atoms with van der Waals surface area (Å²) < 4.78 is 7.71. The molecule has 0 spiro atoms. The fourth-order valence-corrected chi connectivity index (χ4v) is 5.53. The molecule has 3 N–H and O–H groups in total. The Kier molecular flexibility index (Phi) is 8.88. The Morgan fingerprint density at radius 3 is 2.53 bits per heavy atom. The van der Waals surface area contributed by atoms with Crippen LogP contribution in [0.2, 0.25) is 0 Å². The monoisotopic (exact) mass is 468 g/mol. The Bertz CT molecular complexity index is 899. The van der Waals surface area contributed by atoms with Gasteiger partial charge >= 0.3 is 0 Å². The molecule has 7 heteroatoms. The van der Waals surface area contributed by atoms with E-state index in [1.54, 1.807) is 6.08 Å². The molecule has 1 aromatic heterocycles. The lowest BCUT2D eigenvalue weighted by molar-refractivity contribution is 0.187. The largest absolute Gasteiger partial charge is 0.490 e. The molecule has 2 aromatic rings. The fourth-order valence-electron chi connectivity index (χ4n) is 5.53. The third-order valence-corrected chi connectivity index (χ3v) is 6.70. The van der Waals surface area contributed by atoms with E-state index in [4.69, 9.17) is 10.5 Å². The van der Waals surface area contributed by atoms with Crippen molar-refractivity contribution in [2.24, 2.45) is 23.0 Å². The van der Waals surface area contributed by atoms with Crippen LogP contribution >= 0.6 is 0 Å². The molecule has 1 aromatic carbocycles. The standard InChI is InChI=1S/C27H44N6O/c1-7-15-34-23-13-11-22(12-14-23)24(29-18-21-10-8-9-20(16-21)17-28)25-30-31-32-33(25)27(5,6)19-26(2,3)4/h7,11-14,20-21,24,29H,1,8-10,15-19,28H2,2-6H3. The van der Waals surface area contributed by atoms with Crippen molar-refractivity contribution in [1.82, 2.24) is 25.5 Å². The minimum absolute atomic E-state index is 0.110. The molecule has 0 saturated heterocycles. The van der Waals surface area contributed by atoms with Crippen molar-refractivity contribution in [2.75, 3.05) is 19.7 Å². The lowest BCUT2D eigenvalue weighted by Gasteiger charge is -2.34. The van der Waals surface area contributed by atoms with E-state index in [1.807, 2.05) is 16.8 Å². The average Bonchev–Trinajstić information content (AvgIpc) is 3.28. The number of rotatable bonds is 11. The Labute approximate surface area is 205 Å². The van der Waals surface area contributed by atoms with E-state index in [9.17, 15) is 0 Å². The molecule has 188 valence electrons. The molecule has 1 aliphatic carbocycles. The van der Waals surface area contributed by atoms with Gasteiger partial charge in [-0.15, -0.1) is 5.10 Å². The van der Waals surface area contributed by atoms with Crippen molar-refractivity contribution in [2.45, 2.75) is 78.3 Å². The van der Waals surface area contributed by atoms with E-state index in [2.05, 4.69) is 74.2 Å². The lowest BCUT2D eigenvalue weighted by atomic mass is 9.81. The highest BCUT2D eigenvalue weighted by Gasteiger charge is 2.34. The Morgan fingerprint density at radius 1 is 1.18 bits per heavy atom. The summed E-state index contributed by atoms with van der Waals surface area (Å²) >= 11 is 0. The first-order valence-corrected chi connectivity index (χ1v) is 12.7. The van der Waals surface area contributed by atoms with Crippen molar-refractivity contribution in [3.8, 4) is 5.75 Å². The normalized spacial score (nSPS) is 20.2. The van der Waals surface area contributed by atoms with E-state index >= 15 is 0 Å². The third-order valence-electron chi connectivity index (χ3n) is 6.70. The van der Waals surface area contributed by atoms with Crippen LogP contribution in [0.1, 0.15) is 84.2 Å². The summed E-state index contributed by atoms with van der Waals surface area (Å²) in [6, 6.07) is 8.12. The van der Waals surface area contributed by atoms with Crippen LogP contribution in [-0.2, 0) is 5.54 Å². The molecule has 34 heavy (non-hydrogen) atoms. The molecule has 3 unspecified atom stereocenters. The van der Waals surface area contributed by atoms with E-state index in [1.165, 1.54) is 25.7 Å². The van der Waals surface area contributed by atoms with Crippen LogP contribution in [0.5, 0.6) is 5.75 Å². The lowest BCUT2D eigenvalue weighted by Crippen LogP contribution is -2.38. The molecule has 0 aliphatic heterocycles. The maximum Gasteiger partial charge on any atom is 0.173 e. The van der Waals surface area contributed by atoms with Gasteiger partial charge in [-0.05, 0) is 98.0 Å². The van der Waals surface area contributed by atoms with Crippen LogP contribution in [0.25, 0.3) is 0 Å². The summed E-state index contributed by atoms with van der Waals surface area (Å²) in [5, 5.41) is 16.9. The zero-order valence-electron chi connectivity index (χ0n) is 21.8. The average molecular weight is 469 g/mol. The van der Waals surface area contributed by atoms with Crippen LogP contribution in [0.3, 0.4) is 0 Å². The molecule has 1 heterocycles. The molecule has 7 nitrogen and oxygen atoms in total. The first-order chi connectivity index (χ1) is 16.1. The van der Waals surface area contributed by atoms with Crippen LogP contribution < -0.4 is 15.8 Å². The predicted molar refractivity (Wildman–Crippen MR) is 138 cm³/mol. The van der Waals surface area contributed by atoms with E-state index in [-0.39, 0.29) is 17.0 Å². The highest BCUT2D eigenvalue weighted by atomic mass is 16.5. The molecule has 1 fully saturated rings. The van der Waals surface area contributed by atoms with Crippen LogP contribution in [0.4, 0.5) is 0 Å². The summed E-state index contributed by atoms with van der Waals surface area (Å²) in [6.45, 7) is 17.1. The molecular formula is C27H44N6O. The second-order valence-electron chi connectivity index (χ2n) is 11.6. The number of hydrogen-bond donors (Lipinski definition) is 2. The number of nitrogens with zero attached hydrogens (tertiary/aromatic N) is 4. The zero-order chi connectivity index (χ0) is 24.8. The fraction of sp³-hybridized carbons (Fsp3) is 0.667. The summed E-state index contributed by atoms with van der Waals surface area (Å²) in [5.41, 5.74) is 7.04. The van der Waals surface area contributed by atoms with Gasteiger partial charge in [0.05, 0.1) is 11.6 Å². The highest BCUT2D eigenvalue weighted by molar-refractivity contribution is 5.32. The summed E-state index contributed by atoms with van der Waals surface area (Å²) in [7, 11) is 0. The molecule has 0 radical (unpaired) electrons. The minimum Gasteiger partial charge on any atom is -0.490 e. The summed E-state index contributed by atoms with van der Waals surface area (Å²) in [6.07, 6.45) is 7.64. The van der Waals surface area contributed by atoms with Crippen molar-refractivity contribution in [3.63, 3.8) is 0 Å². The number of hydrogen-bond acceptors (Lipinski definition) is 6. The van der Waals surface area contributed by atoms with Gasteiger partial charge < -0.3 is 15.8 Å². The maximum atomic E-state index is 5.99. The van der Waals surface area contributed by atoms with Gasteiger partial charge in [-0.3, -0.25) is 0 Å². The molecule has 3 rings (SSSR count). The first-order valence-electron chi connectivity index (χ1n) is 12.7. The number of nitrogens with two attached hydrogens (primary N) is 1. The number of aromatic nitrogens is 4. The Hall–Kier alpha value is -2.25. The molecule has 1 aliphatic rings. The zero-order valence-corrected chi connectivity index (χ0v) is 21.8. The van der Waals surface area contributed by atoms with Crippen LogP contribution in [0, 0.1) is 17.3 Å². The number of nitrogens with one attached hydrogen (secondary N) is 1. The van der Waals surface area contributed by atoms with E-state index < -0.39 is 0 Å². The van der Waals surface area contributed by atoms with Gasteiger partial charge in [-0.25, -0.2) is 4.68 Å². The second kappa shape index (κ2) is 11.5. The molecule has 0 bridgehead atoms. The predicted octanol–water partition coefficient (Wildman–Crippen LogP) is 4.85. The maximum absolute atomic E-state index is 5.99. The number of benzene rings is 1. The van der Waals surface area contributed by atoms with Gasteiger partial charge in [0.2, 0.25) is 0 Å². The summed E-state index contributed by atoms with van der Waals surface area (Å²) in [5.74, 6) is 2.93. The molecule has 1 saturated carbocycles. The smallest absolute Gasteiger partial charge is 0.173 e. The Morgan fingerprint density at radius 2 is 1.88 bits per heavy atom. The molecule has 0 amide bonds. The first kappa shape index (κ1) is 26.4. The van der Waals surface area contributed by atoms with Crippen molar-refractivity contribution in [1.29, 1.82) is 0 Å². The second-order valence-corrected chi connectivity index (χ2v) is 11.6. The van der Waals surface area contributed by atoms with Gasteiger partial charge in [-0.2, -0.15) is 0 Å². The van der Waals surface area contributed by atoms with Crippen LogP contribution in [0.15, 0.2) is 36.9 Å². The Balaban J connectivity index is 1.88. The van der Waals surface area contributed by atoms with Gasteiger partial charge in [-0.1, -0.05) is 52.0 Å². The number of tetrazole rings is 1. The van der Waals surface area contributed by atoms with Crippen molar-refractivity contribution in [3.05, 3.63) is 48.3 Å². The van der Waals surface area contributed by atoms with Gasteiger partial charge in [0, 0.05) is 0 Å². The van der Waals surface area contributed by atoms with Crippen LogP contribution in [-0.4, -0.2) is 39.9 Å². The van der Waals surface area contributed by atoms with Gasteiger partial charge in [0.25, 0.3) is 0 Å². The van der Waals surface area contributed by atoms with E-state index in [0.717, 1.165) is 36.6 Å². The minimum atomic E-state index is -0.223. The summed E-state index contributed by atoms with van der Waals surface area (Å²) in [4.78, 5) is 0. The molecule has 3 atom stereocenters. The quantitative estimate of drug-likeness (QED) is 0.458. The SMILES string of the molecule is C=CCOc1ccc(C(NCC2CCCC(CN)C2)c2nnnn2C(C)(C)CC(C)(C)C)cc1. The third kappa shape index (κ3) is 7.12. The van der Waals surface area contributed by atoms with Crippen molar-refractivity contribution >= 4 is 0 Å². The highest BCUT2D eigenvalue weighted by Crippen LogP contribution is 2.35. The van der Waals surface area contributed by atoms with Gasteiger partial charge in [0.1, 0.15) is 12.4 Å². The van der Waals surface area contributed by atoms with E-state index in [0.29, 0.717) is 18.4 Å². The van der Waals surface area contributed by atoms with Crippen molar-refractivity contribution < 1.29 is 4.74 Å². The number of ether oxygens (including phenoxy) is 1. The topological polar surface area (TPSA) is 90.9 Å². The van der Waals surface area contributed by atoms with Gasteiger partial charge in [0.15, 0.2) is 5.82 Å². The molecular weight excluding hydrogens is 424 g/mol.